The Bertz CT molecular complexity index is 1210. The van der Waals surface area contributed by atoms with Crippen LogP contribution in [0.5, 0.6) is 0 Å². The Morgan fingerprint density at radius 1 is 1.26 bits per heavy atom. The van der Waals surface area contributed by atoms with E-state index in [1.807, 2.05) is 13.8 Å². The number of benzene rings is 1. The van der Waals surface area contributed by atoms with Gasteiger partial charge >= 0.3 is 11.7 Å². The van der Waals surface area contributed by atoms with Gasteiger partial charge < -0.3 is 14.2 Å². The lowest BCUT2D eigenvalue weighted by atomic mass is 10.2. The van der Waals surface area contributed by atoms with Crippen molar-refractivity contribution >= 4 is 16.1 Å². The Kier molecular flexibility index (Phi) is 8.42. The van der Waals surface area contributed by atoms with E-state index in [0.29, 0.717) is 5.56 Å². The van der Waals surface area contributed by atoms with Gasteiger partial charge in [-0.05, 0) is 25.5 Å². The molecule has 0 aliphatic carbocycles. The summed E-state index contributed by atoms with van der Waals surface area (Å²) in [6, 6.07) is 8.27. The van der Waals surface area contributed by atoms with Gasteiger partial charge in [-0.15, -0.1) is 0 Å². The highest BCUT2D eigenvalue weighted by Crippen LogP contribution is 2.31. The zero-order chi connectivity index (χ0) is 24.9. The SMILES string of the molecule is CCC(C)OCc1cn([C@H]2C[C@H](OS(C)(=O)=O)[C@@H](COC(=O)c3ccccc3)O2)c(=O)[nH]c1=O. The third-order valence-corrected chi connectivity index (χ3v) is 5.91. The van der Waals surface area contributed by atoms with Crippen LogP contribution in [0.15, 0.2) is 46.1 Å². The van der Waals surface area contributed by atoms with E-state index in [1.165, 1.54) is 6.20 Å². The maximum absolute atomic E-state index is 12.5. The predicted molar refractivity (Wildman–Crippen MR) is 121 cm³/mol. The Morgan fingerprint density at radius 2 is 1.97 bits per heavy atom. The van der Waals surface area contributed by atoms with Crippen LogP contribution in [0, 0.1) is 0 Å². The van der Waals surface area contributed by atoms with Gasteiger partial charge in [-0.1, -0.05) is 25.1 Å². The van der Waals surface area contributed by atoms with Gasteiger partial charge in [0.05, 0.1) is 30.1 Å². The van der Waals surface area contributed by atoms with Crippen LogP contribution in [0.2, 0.25) is 0 Å². The van der Waals surface area contributed by atoms with E-state index < -0.39 is 45.8 Å². The molecule has 12 heteroatoms. The number of carbonyl (C=O) groups is 1. The van der Waals surface area contributed by atoms with Crippen molar-refractivity contribution in [1.82, 2.24) is 9.55 Å². The molecule has 1 aromatic heterocycles. The standard InChI is InChI=1S/C22H28N2O9S/c1-4-14(2)30-12-16-11-24(22(27)23-20(16)25)19-10-17(33-34(3,28)29)18(32-19)13-31-21(26)15-8-6-5-7-9-15/h5-9,11,14,17-19H,4,10,12-13H2,1-3H3,(H,23,25,27)/t14?,17-,18+,19+/m0/s1. The fourth-order valence-corrected chi connectivity index (χ4v) is 4.01. The third-order valence-electron chi connectivity index (χ3n) is 5.32. The summed E-state index contributed by atoms with van der Waals surface area (Å²) in [4.78, 5) is 39.2. The monoisotopic (exact) mass is 496 g/mol. The van der Waals surface area contributed by atoms with Gasteiger partial charge in [-0.25, -0.2) is 9.59 Å². The van der Waals surface area contributed by atoms with E-state index in [1.54, 1.807) is 30.3 Å². The highest BCUT2D eigenvalue weighted by atomic mass is 32.2. The average Bonchev–Trinajstić information content (AvgIpc) is 3.17. The molecule has 1 aliphatic rings. The minimum absolute atomic E-state index is 0.0152. The van der Waals surface area contributed by atoms with Crippen molar-refractivity contribution < 1.29 is 31.6 Å². The Balaban J connectivity index is 1.79. The number of ether oxygens (including phenoxy) is 3. The lowest BCUT2D eigenvalue weighted by molar-refractivity contribution is -0.0493. The lowest BCUT2D eigenvalue weighted by Crippen LogP contribution is -2.34. The van der Waals surface area contributed by atoms with Crippen LogP contribution >= 0.6 is 0 Å². The normalized spacial score (nSPS) is 21.3. The number of nitrogens with zero attached hydrogens (tertiary/aromatic N) is 1. The molecule has 1 aliphatic heterocycles. The first-order chi connectivity index (χ1) is 16.1. The van der Waals surface area contributed by atoms with Gasteiger partial charge in [0.1, 0.15) is 25.0 Å². The number of esters is 1. The van der Waals surface area contributed by atoms with Crippen molar-refractivity contribution in [1.29, 1.82) is 0 Å². The molecule has 0 radical (unpaired) electrons. The van der Waals surface area contributed by atoms with Crippen molar-refractivity contribution in [3.63, 3.8) is 0 Å². The van der Waals surface area contributed by atoms with E-state index in [2.05, 4.69) is 4.98 Å². The third kappa shape index (κ3) is 6.86. The summed E-state index contributed by atoms with van der Waals surface area (Å²) in [6.45, 7) is 3.48. The van der Waals surface area contributed by atoms with Gasteiger partial charge in [0.25, 0.3) is 15.7 Å². The van der Waals surface area contributed by atoms with Crippen molar-refractivity contribution in [3.05, 3.63) is 68.5 Å². The van der Waals surface area contributed by atoms with Crippen LogP contribution in [0.3, 0.4) is 0 Å². The van der Waals surface area contributed by atoms with E-state index in [9.17, 15) is 22.8 Å². The summed E-state index contributed by atoms with van der Waals surface area (Å²) in [7, 11) is -3.87. The van der Waals surface area contributed by atoms with Crippen LogP contribution < -0.4 is 11.2 Å². The highest BCUT2D eigenvalue weighted by molar-refractivity contribution is 7.86. The Morgan fingerprint density at radius 3 is 2.62 bits per heavy atom. The molecule has 1 N–H and O–H groups in total. The fraction of sp³-hybridized carbons (Fsp3) is 0.500. The number of nitrogens with one attached hydrogen (secondary N) is 1. The van der Waals surface area contributed by atoms with Gasteiger partial charge in [0.15, 0.2) is 0 Å². The predicted octanol–water partition coefficient (Wildman–Crippen LogP) is 1.34. The molecule has 1 fully saturated rings. The Hall–Kier alpha value is -2.80. The number of rotatable bonds is 10. The molecular weight excluding hydrogens is 468 g/mol. The molecule has 1 aromatic carbocycles. The molecule has 1 saturated heterocycles. The number of hydrogen-bond acceptors (Lipinski definition) is 9. The van der Waals surface area contributed by atoms with Gasteiger partial charge in [0, 0.05) is 12.6 Å². The number of H-pyrrole nitrogens is 1. The van der Waals surface area contributed by atoms with Gasteiger partial charge in [-0.3, -0.25) is 18.5 Å². The van der Waals surface area contributed by atoms with E-state index in [0.717, 1.165) is 17.2 Å². The maximum atomic E-state index is 12.5. The number of aromatic amines is 1. The Labute approximate surface area is 196 Å². The van der Waals surface area contributed by atoms with Crippen LogP contribution in [0.25, 0.3) is 0 Å². The van der Waals surface area contributed by atoms with Crippen LogP contribution in [0.4, 0.5) is 0 Å². The molecule has 186 valence electrons. The molecule has 34 heavy (non-hydrogen) atoms. The summed E-state index contributed by atoms with van der Waals surface area (Å²) in [6.07, 6.45) is -0.0885. The minimum atomic E-state index is -3.87. The minimum Gasteiger partial charge on any atom is -0.459 e. The van der Waals surface area contributed by atoms with Crippen LogP contribution in [0.1, 0.15) is 48.8 Å². The largest absolute Gasteiger partial charge is 0.459 e. The molecule has 0 saturated carbocycles. The summed E-state index contributed by atoms with van der Waals surface area (Å²) in [5.41, 5.74) is -0.786. The van der Waals surface area contributed by atoms with Crippen molar-refractivity contribution in [3.8, 4) is 0 Å². The summed E-state index contributed by atoms with van der Waals surface area (Å²) < 4.78 is 46.5. The van der Waals surface area contributed by atoms with Crippen LogP contribution in [-0.2, 0) is 35.1 Å². The van der Waals surface area contributed by atoms with E-state index >= 15 is 0 Å². The summed E-state index contributed by atoms with van der Waals surface area (Å²) in [5.74, 6) is -0.614. The molecule has 0 amide bonds. The quantitative estimate of drug-likeness (QED) is 0.381. The number of aromatic nitrogens is 2. The molecule has 4 atom stereocenters. The molecule has 11 nitrogen and oxygen atoms in total. The molecule has 0 spiro atoms. The molecule has 1 unspecified atom stereocenters. The van der Waals surface area contributed by atoms with Crippen molar-refractivity contribution in [2.75, 3.05) is 12.9 Å². The molecule has 3 rings (SSSR count). The molecular formula is C22H28N2O9S. The molecule has 0 bridgehead atoms. The van der Waals surface area contributed by atoms with Gasteiger partial charge in [-0.2, -0.15) is 8.42 Å². The van der Waals surface area contributed by atoms with Crippen molar-refractivity contribution in [2.45, 2.75) is 57.8 Å². The zero-order valence-corrected chi connectivity index (χ0v) is 19.9. The zero-order valence-electron chi connectivity index (χ0n) is 19.1. The first kappa shape index (κ1) is 25.8. The van der Waals surface area contributed by atoms with E-state index in [4.69, 9.17) is 18.4 Å². The fourth-order valence-electron chi connectivity index (χ4n) is 3.36. The topological polar surface area (TPSA) is 143 Å². The second-order valence-corrected chi connectivity index (χ2v) is 9.62. The maximum Gasteiger partial charge on any atom is 0.338 e. The summed E-state index contributed by atoms with van der Waals surface area (Å²) >= 11 is 0. The van der Waals surface area contributed by atoms with E-state index in [-0.39, 0.29) is 31.3 Å². The first-order valence-corrected chi connectivity index (χ1v) is 12.6. The van der Waals surface area contributed by atoms with Crippen LogP contribution in [-0.4, -0.2) is 55.1 Å². The smallest absolute Gasteiger partial charge is 0.338 e. The summed E-state index contributed by atoms with van der Waals surface area (Å²) in [5, 5.41) is 0. The highest BCUT2D eigenvalue weighted by Gasteiger charge is 2.40. The lowest BCUT2D eigenvalue weighted by Gasteiger charge is -2.18. The first-order valence-electron chi connectivity index (χ1n) is 10.8. The second kappa shape index (κ2) is 11.1. The van der Waals surface area contributed by atoms with Crippen molar-refractivity contribution in [2.24, 2.45) is 0 Å². The van der Waals surface area contributed by atoms with Gasteiger partial charge in [0.2, 0.25) is 0 Å². The number of carbonyl (C=O) groups excluding carboxylic acids is 1. The molecule has 2 heterocycles. The second-order valence-electron chi connectivity index (χ2n) is 8.02. The average molecular weight is 497 g/mol. The number of hydrogen-bond donors (Lipinski definition) is 1. The molecule has 2 aromatic rings.